The van der Waals surface area contributed by atoms with Crippen LogP contribution in [-0.4, -0.2) is 244 Å². The predicted molar refractivity (Wildman–Crippen MR) is 259 cm³/mol. The lowest BCUT2D eigenvalue weighted by molar-refractivity contribution is -0.371. The van der Waals surface area contributed by atoms with Crippen molar-refractivity contribution in [1.82, 2.24) is 0 Å². The van der Waals surface area contributed by atoms with Gasteiger partial charge in [-0.1, -0.05) is 53.2 Å². The number of aliphatic carboxylic acids is 1. The monoisotopic (exact) mass is 1100 g/mol. The normalized spacial score (nSPS) is 55.6. The third-order valence-corrected chi connectivity index (χ3v) is 21.6. The van der Waals surface area contributed by atoms with Gasteiger partial charge in [0, 0.05) is 5.92 Å². The van der Waals surface area contributed by atoms with E-state index >= 15 is 0 Å². The molecule has 0 amide bonds. The lowest BCUT2D eigenvalue weighted by Crippen LogP contribution is -2.71. The minimum Gasteiger partial charge on any atom is -0.479 e. The summed E-state index contributed by atoms with van der Waals surface area (Å²) in [4.78, 5) is 27.1. The van der Waals surface area contributed by atoms with Crippen LogP contribution < -0.4 is 0 Å². The van der Waals surface area contributed by atoms with Gasteiger partial charge in [0.1, 0.15) is 73.4 Å². The second-order valence-corrected chi connectivity index (χ2v) is 25.8. The van der Waals surface area contributed by atoms with Crippen LogP contribution in [0.1, 0.15) is 92.9 Å². The first-order chi connectivity index (χ1) is 36.0. The van der Waals surface area contributed by atoms with Crippen molar-refractivity contribution in [2.24, 2.45) is 56.2 Å². The van der Waals surface area contributed by atoms with Crippen molar-refractivity contribution in [2.75, 3.05) is 26.4 Å². The van der Waals surface area contributed by atoms with Crippen LogP contribution in [-0.2, 0) is 42.7 Å². The highest BCUT2D eigenvalue weighted by Gasteiger charge is 2.73. The average molecular weight is 1110 g/mol. The fourth-order valence-electron chi connectivity index (χ4n) is 16.7. The van der Waals surface area contributed by atoms with Crippen molar-refractivity contribution in [2.45, 2.75) is 222 Å². The first-order valence-electron chi connectivity index (χ1n) is 27.3. The summed E-state index contributed by atoms with van der Waals surface area (Å²) < 4.78 is 42.4. The zero-order valence-electron chi connectivity index (χ0n) is 44.5. The van der Waals surface area contributed by atoms with Gasteiger partial charge in [-0.3, -0.25) is 0 Å². The molecule has 0 aromatic heterocycles. The summed E-state index contributed by atoms with van der Waals surface area (Å²) in [7, 11) is 0. The van der Waals surface area contributed by atoms with E-state index in [-0.39, 0.29) is 24.7 Å². The molecule has 4 saturated carbocycles. The van der Waals surface area contributed by atoms with Crippen molar-refractivity contribution < 1.29 is 119 Å². The van der Waals surface area contributed by atoms with E-state index in [9.17, 15) is 86.2 Å². The van der Waals surface area contributed by atoms with Crippen LogP contribution in [0.2, 0.25) is 0 Å². The fourth-order valence-corrected chi connectivity index (χ4v) is 16.7. The zero-order chi connectivity index (χ0) is 56.4. The summed E-state index contributed by atoms with van der Waals surface area (Å²) in [6, 6.07) is 0. The summed E-state index contributed by atoms with van der Waals surface area (Å²) in [5.74, 6) is -4.12. The highest BCUT2D eigenvalue weighted by atomic mass is 16.8. The van der Waals surface area contributed by atoms with Crippen LogP contribution in [0, 0.1) is 56.2 Å². The number of carboxylic acids is 1. The average Bonchev–Trinajstić information content (AvgIpc) is 3.55. The number of carboxylic acid groups (broad SMARTS) is 1. The Morgan fingerprint density at radius 2 is 1.32 bits per heavy atom. The first kappa shape index (κ1) is 59.7. The number of carbonyl (C=O) groups excluding carboxylic acids is 1. The van der Waals surface area contributed by atoms with Gasteiger partial charge in [0.15, 0.2) is 25.0 Å². The standard InChI is InChI=1S/C53H84O24/c1-48(2)14-23-22-7-8-29-49(3)11-10-31(50(4,19-55)28(49)9-12-51(29,5)52(22,6)15-30(59)53(23,20-56)43(68)42(48)67)74-47-39(75-46-38(66)36(64)35(63)27(16-54)73-46)21(32(60)41(77-47)44(69)70)13-26-40(34(62)25(58)17-71-26)76-45-37(65)33(61)24(57)18-72-45/h7,19,21,23-43,45-47,54,56-68H,8-18,20H2,1-6H3,(H,69,70). The van der Waals surface area contributed by atoms with E-state index < -0.39 is 212 Å². The lowest BCUT2D eigenvalue weighted by atomic mass is 9.33. The molecule has 30 unspecified atom stereocenters. The van der Waals surface area contributed by atoms with Crippen molar-refractivity contribution in [3.05, 3.63) is 11.6 Å². The van der Waals surface area contributed by atoms with Crippen LogP contribution in [0.25, 0.3) is 0 Å². The summed E-state index contributed by atoms with van der Waals surface area (Å²) in [5, 5.41) is 165. The number of allylic oxidation sites excluding steroid dienone is 2. The summed E-state index contributed by atoms with van der Waals surface area (Å²) in [6.07, 6.45) is -29.6. The molecule has 15 N–H and O–H groups in total. The second kappa shape index (κ2) is 21.3. The molecule has 4 saturated heterocycles. The molecule has 0 bridgehead atoms. The maximum atomic E-state index is 14.0. The Kier molecular flexibility index (Phi) is 16.5. The highest BCUT2D eigenvalue weighted by molar-refractivity contribution is 5.73. The summed E-state index contributed by atoms with van der Waals surface area (Å²) in [5.41, 5.74) is -4.13. The molecule has 8 fully saturated rings. The van der Waals surface area contributed by atoms with E-state index in [2.05, 4.69) is 26.8 Å². The van der Waals surface area contributed by atoms with Crippen LogP contribution in [0.3, 0.4) is 0 Å². The van der Waals surface area contributed by atoms with E-state index in [0.717, 1.165) is 11.9 Å². The largest absolute Gasteiger partial charge is 0.479 e. The molecule has 5 aliphatic carbocycles. The number of carbonyl (C=O) groups is 2. The van der Waals surface area contributed by atoms with E-state index in [4.69, 9.17) is 33.2 Å². The maximum Gasteiger partial charge on any atom is 0.335 e. The van der Waals surface area contributed by atoms with Gasteiger partial charge < -0.3 is 115 Å². The Bertz CT molecular complexity index is 2170. The number of fused-ring (bicyclic) bond motifs is 7. The Hall–Kier alpha value is -1.96. The number of ether oxygens (including phenoxy) is 7. The molecule has 77 heavy (non-hydrogen) atoms. The van der Waals surface area contributed by atoms with Crippen molar-refractivity contribution in [1.29, 1.82) is 0 Å². The molecule has 9 aliphatic rings. The highest BCUT2D eigenvalue weighted by Crippen LogP contribution is 2.76. The van der Waals surface area contributed by atoms with Gasteiger partial charge in [-0.25, -0.2) is 4.79 Å². The summed E-state index contributed by atoms with van der Waals surface area (Å²) in [6.45, 7) is 9.64. The molecular formula is C53H84O24. The van der Waals surface area contributed by atoms with E-state index in [1.54, 1.807) is 6.92 Å². The molecule has 4 heterocycles. The third-order valence-electron chi connectivity index (χ3n) is 21.6. The van der Waals surface area contributed by atoms with Gasteiger partial charge in [-0.2, -0.15) is 0 Å². The van der Waals surface area contributed by atoms with Gasteiger partial charge in [-0.15, -0.1) is 0 Å². The Balaban J connectivity index is 1.05. The quantitative estimate of drug-likeness (QED) is 0.0514. The molecule has 0 spiro atoms. The van der Waals surface area contributed by atoms with Gasteiger partial charge in [0.2, 0.25) is 0 Å². The molecule has 24 heteroatoms. The van der Waals surface area contributed by atoms with Gasteiger partial charge in [0.05, 0.1) is 73.9 Å². The Labute approximate surface area is 446 Å². The van der Waals surface area contributed by atoms with Crippen molar-refractivity contribution >= 4 is 12.3 Å². The zero-order valence-corrected chi connectivity index (χ0v) is 44.5. The first-order valence-corrected chi connectivity index (χ1v) is 27.3. The van der Waals surface area contributed by atoms with E-state index in [0.29, 0.717) is 32.1 Å². The van der Waals surface area contributed by atoms with Gasteiger partial charge >= 0.3 is 5.97 Å². The van der Waals surface area contributed by atoms with Gasteiger partial charge in [0.25, 0.3) is 0 Å². The molecule has 440 valence electrons. The number of hydrogen-bond acceptors (Lipinski definition) is 23. The molecule has 0 radical (unpaired) electrons. The maximum absolute atomic E-state index is 14.0. The molecule has 24 nitrogen and oxygen atoms in total. The van der Waals surface area contributed by atoms with E-state index in [1.807, 2.05) is 13.8 Å². The molecule has 0 aromatic carbocycles. The molecule has 9 rings (SSSR count). The Morgan fingerprint density at radius 1 is 0.675 bits per heavy atom. The van der Waals surface area contributed by atoms with Crippen molar-refractivity contribution in [3.63, 3.8) is 0 Å². The van der Waals surface area contributed by atoms with Crippen LogP contribution in [0.4, 0.5) is 0 Å². The molecule has 0 aromatic rings. The van der Waals surface area contributed by atoms with Crippen molar-refractivity contribution in [3.8, 4) is 0 Å². The molecular weight excluding hydrogens is 1020 g/mol. The second-order valence-electron chi connectivity index (χ2n) is 25.8. The molecule has 30 atom stereocenters. The Morgan fingerprint density at radius 3 is 1.97 bits per heavy atom. The topological polar surface area (TPSA) is 402 Å². The fraction of sp³-hybridized carbons (Fsp3) is 0.925. The number of aliphatic hydroxyl groups is 14. The summed E-state index contributed by atoms with van der Waals surface area (Å²) >= 11 is 0. The minimum atomic E-state index is -2.08. The number of aliphatic hydroxyl groups excluding tert-OH is 14. The number of hydrogen-bond donors (Lipinski definition) is 15. The third kappa shape index (κ3) is 9.23. The van der Waals surface area contributed by atoms with E-state index in [1.165, 1.54) is 0 Å². The van der Waals surface area contributed by atoms with Gasteiger partial charge in [-0.05, 0) is 90.8 Å². The smallest absolute Gasteiger partial charge is 0.335 e. The van der Waals surface area contributed by atoms with Crippen LogP contribution >= 0.6 is 0 Å². The number of aldehydes is 1. The SMILES string of the molecule is CC1(C)CC2C3=CCC4C5(C)CCC(OC6OC(C(=O)O)C(O)C(CC7OCC(O)C(O)C7OC7OCC(O)C(O)C7O)C6OC6OC(CO)C(O)C(O)C6O)C(C)(C=O)C5CCC4(C)C3(C)CC(O)C2(CO)C(O)C1O. The lowest BCUT2D eigenvalue weighted by Gasteiger charge is -2.72. The predicted octanol–water partition coefficient (Wildman–Crippen LogP) is -3.44. The van der Waals surface area contributed by atoms with Crippen LogP contribution in [0.15, 0.2) is 11.6 Å². The minimum absolute atomic E-state index is 0.0826. The molecule has 4 aliphatic heterocycles. The van der Waals surface area contributed by atoms with Crippen LogP contribution in [0.5, 0.6) is 0 Å². The number of rotatable bonds is 12.